The summed E-state index contributed by atoms with van der Waals surface area (Å²) in [6.45, 7) is 8.14. The van der Waals surface area contributed by atoms with Gasteiger partial charge < -0.3 is 10.2 Å². The molecule has 0 radical (unpaired) electrons. The lowest BCUT2D eigenvalue weighted by Gasteiger charge is -2.34. The number of hydrogen-bond acceptors (Lipinski definition) is 6. The summed E-state index contributed by atoms with van der Waals surface area (Å²) in [5.41, 5.74) is 2.43. The molecule has 2 aromatic heterocycles. The van der Waals surface area contributed by atoms with Crippen LogP contribution in [0.4, 0.5) is 0 Å². The van der Waals surface area contributed by atoms with Crippen molar-refractivity contribution in [2.45, 2.75) is 52.2 Å². The van der Waals surface area contributed by atoms with E-state index in [2.05, 4.69) is 19.9 Å². The second-order valence-electron chi connectivity index (χ2n) is 8.12. The molecule has 0 saturated carbocycles. The Balaban J connectivity index is 2.07. The van der Waals surface area contributed by atoms with Gasteiger partial charge in [0.15, 0.2) is 5.69 Å². The molecule has 31 heavy (non-hydrogen) atoms. The third-order valence-corrected chi connectivity index (χ3v) is 5.72. The summed E-state index contributed by atoms with van der Waals surface area (Å²) in [6.07, 6.45) is 4.12. The number of nitrogens with zero attached hydrogens (tertiary/aromatic N) is 4. The van der Waals surface area contributed by atoms with Crippen LogP contribution in [0.15, 0.2) is 54.2 Å². The molecule has 0 aliphatic heterocycles. The number of pyridine rings is 1. The lowest BCUT2D eigenvalue weighted by molar-refractivity contribution is -0.127. The number of carbonyl (C=O) groups is 2. The maximum atomic E-state index is 13.6. The number of hydrogen-bond donors (Lipinski definition) is 1. The third-order valence-electron chi connectivity index (χ3n) is 5.21. The summed E-state index contributed by atoms with van der Waals surface area (Å²) < 4.78 is 3.83. The largest absolute Gasteiger partial charge is 0.349 e. The number of rotatable bonds is 8. The fourth-order valence-electron chi connectivity index (χ4n) is 3.09. The van der Waals surface area contributed by atoms with Crippen molar-refractivity contribution in [1.29, 1.82) is 0 Å². The van der Waals surface area contributed by atoms with Gasteiger partial charge in [0.1, 0.15) is 6.04 Å². The Bertz CT molecular complexity index is 1000. The van der Waals surface area contributed by atoms with Gasteiger partial charge in [-0.15, -0.1) is 5.10 Å². The Kier molecular flexibility index (Phi) is 7.12. The number of carbonyl (C=O) groups excluding carboxylic acids is 2. The standard InChI is InChI=1S/C23H27N5O2S/c1-5-23(3,4)25-21(29)20(18-10-8-16(2)9-11-18)28(14-17-7-6-12-24-13-17)22(30)19-15-31-27-26-19/h6-13,15,20H,5,14H2,1-4H3,(H,25,29)/t20-/m1/s1. The zero-order chi connectivity index (χ0) is 22.4. The molecule has 162 valence electrons. The van der Waals surface area contributed by atoms with E-state index in [9.17, 15) is 9.59 Å². The molecule has 1 aromatic carbocycles. The van der Waals surface area contributed by atoms with Gasteiger partial charge in [-0.05, 0) is 55.9 Å². The van der Waals surface area contributed by atoms with E-state index in [0.29, 0.717) is 0 Å². The molecule has 0 saturated heterocycles. The van der Waals surface area contributed by atoms with Crippen molar-refractivity contribution in [1.82, 2.24) is 24.8 Å². The first-order valence-electron chi connectivity index (χ1n) is 10.2. The molecule has 2 heterocycles. The van der Waals surface area contributed by atoms with E-state index < -0.39 is 11.6 Å². The van der Waals surface area contributed by atoms with E-state index in [1.54, 1.807) is 22.7 Å². The minimum absolute atomic E-state index is 0.211. The normalized spacial score (nSPS) is 12.3. The van der Waals surface area contributed by atoms with Gasteiger partial charge in [0.25, 0.3) is 5.91 Å². The predicted molar refractivity (Wildman–Crippen MR) is 120 cm³/mol. The quantitative estimate of drug-likeness (QED) is 0.577. The van der Waals surface area contributed by atoms with Crippen LogP contribution in [0, 0.1) is 6.92 Å². The van der Waals surface area contributed by atoms with E-state index in [4.69, 9.17) is 0 Å². The smallest absolute Gasteiger partial charge is 0.276 e. The Hall–Kier alpha value is -3.13. The van der Waals surface area contributed by atoms with Gasteiger partial charge in [-0.1, -0.05) is 47.3 Å². The van der Waals surface area contributed by atoms with Crippen LogP contribution in [0.1, 0.15) is 60.4 Å². The summed E-state index contributed by atoms with van der Waals surface area (Å²) in [4.78, 5) is 32.7. The average molecular weight is 438 g/mol. The number of aromatic nitrogens is 3. The predicted octanol–water partition coefficient (Wildman–Crippen LogP) is 3.93. The highest BCUT2D eigenvalue weighted by Crippen LogP contribution is 2.27. The van der Waals surface area contributed by atoms with Gasteiger partial charge >= 0.3 is 0 Å². The minimum Gasteiger partial charge on any atom is -0.349 e. The average Bonchev–Trinajstić information content (AvgIpc) is 3.29. The van der Waals surface area contributed by atoms with Crippen molar-refractivity contribution in [3.63, 3.8) is 0 Å². The molecule has 3 aromatic rings. The summed E-state index contributed by atoms with van der Waals surface area (Å²) in [5, 5.41) is 8.65. The minimum atomic E-state index is -0.833. The van der Waals surface area contributed by atoms with E-state index in [1.807, 2.05) is 64.1 Å². The van der Waals surface area contributed by atoms with Crippen molar-refractivity contribution >= 4 is 23.3 Å². The lowest BCUT2D eigenvalue weighted by Crippen LogP contribution is -2.50. The van der Waals surface area contributed by atoms with Crippen LogP contribution < -0.4 is 5.32 Å². The van der Waals surface area contributed by atoms with E-state index in [-0.39, 0.29) is 24.1 Å². The molecule has 0 fully saturated rings. The van der Waals surface area contributed by atoms with Crippen molar-refractivity contribution in [3.05, 3.63) is 76.6 Å². The highest BCUT2D eigenvalue weighted by Gasteiger charge is 2.35. The molecule has 0 aliphatic rings. The Morgan fingerprint density at radius 2 is 1.94 bits per heavy atom. The maximum Gasteiger partial charge on any atom is 0.276 e. The summed E-state index contributed by atoms with van der Waals surface area (Å²) in [5.74, 6) is -0.594. The Labute approximate surface area is 186 Å². The third kappa shape index (κ3) is 5.73. The molecule has 1 N–H and O–H groups in total. The van der Waals surface area contributed by atoms with Crippen LogP contribution in [0.3, 0.4) is 0 Å². The molecule has 8 heteroatoms. The number of benzene rings is 1. The second kappa shape index (κ2) is 9.78. The molecule has 0 bridgehead atoms. The van der Waals surface area contributed by atoms with E-state index >= 15 is 0 Å². The first kappa shape index (κ1) is 22.6. The van der Waals surface area contributed by atoms with Gasteiger partial charge in [0.05, 0.1) is 0 Å². The van der Waals surface area contributed by atoms with Crippen LogP contribution in [0.5, 0.6) is 0 Å². The van der Waals surface area contributed by atoms with Crippen LogP contribution >= 0.6 is 11.5 Å². The molecule has 3 rings (SSSR count). The summed E-state index contributed by atoms with van der Waals surface area (Å²) in [7, 11) is 0. The maximum absolute atomic E-state index is 13.6. The molecular weight excluding hydrogens is 410 g/mol. The number of aryl methyl sites for hydroxylation is 1. The Morgan fingerprint density at radius 3 is 2.52 bits per heavy atom. The molecule has 1 atom stereocenters. The van der Waals surface area contributed by atoms with E-state index in [0.717, 1.165) is 34.6 Å². The highest BCUT2D eigenvalue weighted by atomic mass is 32.1. The molecule has 2 amide bonds. The molecule has 7 nitrogen and oxygen atoms in total. The van der Waals surface area contributed by atoms with Gasteiger partial charge in [-0.3, -0.25) is 14.6 Å². The molecule has 0 spiro atoms. The first-order valence-corrected chi connectivity index (χ1v) is 11.0. The van der Waals surface area contributed by atoms with Crippen LogP contribution in [-0.4, -0.2) is 36.8 Å². The zero-order valence-electron chi connectivity index (χ0n) is 18.2. The first-order chi connectivity index (χ1) is 14.8. The Morgan fingerprint density at radius 1 is 1.19 bits per heavy atom. The van der Waals surface area contributed by atoms with Crippen LogP contribution in [-0.2, 0) is 11.3 Å². The number of amides is 2. The number of nitrogens with one attached hydrogen (secondary N) is 1. The highest BCUT2D eigenvalue weighted by molar-refractivity contribution is 7.03. The lowest BCUT2D eigenvalue weighted by atomic mass is 9.97. The summed E-state index contributed by atoms with van der Waals surface area (Å²) >= 11 is 1.10. The van der Waals surface area contributed by atoms with Crippen LogP contribution in [0.25, 0.3) is 0 Å². The monoisotopic (exact) mass is 437 g/mol. The molecule has 0 aliphatic carbocycles. The van der Waals surface area contributed by atoms with Crippen molar-refractivity contribution in [3.8, 4) is 0 Å². The second-order valence-corrected chi connectivity index (χ2v) is 8.73. The van der Waals surface area contributed by atoms with Crippen molar-refractivity contribution in [2.75, 3.05) is 0 Å². The fraction of sp³-hybridized carbons (Fsp3) is 0.348. The van der Waals surface area contributed by atoms with Crippen molar-refractivity contribution in [2.24, 2.45) is 0 Å². The van der Waals surface area contributed by atoms with Gasteiger partial charge in [-0.25, -0.2) is 0 Å². The zero-order valence-corrected chi connectivity index (χ0v) is 19.0. The SMILES string of the molecule is CCC(C)(C)NC(=O)[C@@H](c1ccc(C)cc1)N(Cc1cccnc1)C(=O)c1csnn1. The van der Waals surface area contributed by atoms with E-state index in [1.165, 1.54) is 0 Å². The van der Waals surface area contributed by atoms with Gasteiger partial charge in [0.2, 0.25) is 5.91 Å². The fourth-order valence-corrected chi connectivity index (χ4v) is 3.52. The van der Waals surface area contributed by atoms with Gasteiger partial charge in [0, 0.05) is 29.9 Å². The van der Waals surface area contributed by atoms with Crippen LogP contribution in [0.2, 0.25) is 0 Å². The molecule has 0 unspecified atom stereocenters. The molecular formula is C23H27N5O2S. The van der Waals surface area contributed by atoms with Gasteiger partial charge in [-0.2, -0.15) is 0 Å². The summed E-state index contributed by atoms with van der Waals surface area (Å²) in [6, 6.07) is 10.5. The topological polar surface area (TPSA) is 88.1 Å². The van der Waals surface area contributed by atoms with Crippen molar-refractivity contribution < 1.29 is 9.59 Å².